The van der Waals surface area contributed by atoms with Crippen LogP contribution in [0.2, 0.25) is 0 Å². The lowest BCUT2D eigenvalue weighted by Crippen LogP contribution is -2.18. The van der Waals surface area contributed by atoms with E-state index in [0.717, 1.165) is 17.9 Å². The van der Waals surface area contributed by atoms with Crippen LogP contribution in [-0.2, 0) is 11.0 Å². The summed E-state index contributed by atoms with van der Waals surface area (Å²) in [7, 11) is 1.51. The van der Waals surface area contributed by atoms with Gasteiger partial charge in [-0.3, -0.25) is 4.67 Å². The molecule has 0 saturated carbocycles. The van der Waals surface area contributed by atoms with Gasteiger partial charge in [0.05, 0.1) is 0 Å². The fourth-order valence-corrected chi connectivity index (χ4v) is 5.48. The van der Waals surface area contributed by atoms with Crippen molar-refractivity contribution in [2.24, 2.45) is 0 Å². The quantitative estimate of drug-likeness (QED) is 0.720. The molecule has 0 bridgehead atoms. The van der Waals surface area contributed by atoms with Crippen LogP contribution in [0.3, 0.4) is 0 Å². The molecule has 1 atom stereocenters. The molecule has 2 nitrogen and oxygen atoms in total. The summed E-state index contributed by atoms with van der Waals surface area (Å²) in [6.07, 6.45) is 1.72. The third kappa shape index (κ3) is 1.48. The van der Waals surface area contributed by atoms with E-state index in [2.05, 4.69) is 24.3 Å². The average molecular weight is 245 g/mol. The summed E-state index contributed by atoms with van der Waals surface area (Å²) in [4.78, 5) is 0. The van der Waals surface area contributed by atoms with Crippen molar-refractivity contribution in [1.29, 1.82) is 0 Å². The van der Waals surface area contributed by atoms with Gasteiger partial charge in [-0.1, -0.05) is 36.4 Å². The predicted octanol–water partition coefficient (Wildman–Crippen LogP) is 2.86. The molecule has 0 aliphatic carbocycles. The highest BCUT2D eigenvalue weighted by atomic mass is 31.2. The Morgan fingerprint density at radius 3 is 2.65 bits per heavy atom. The van der Waals surface area contributed by atoms with Crippen molar-refractivity contribution in [3.05, 3.63) is 42.0 Å². The van der Waals surface area contributed by atoms with E-state index < -0.39 is 7.29 Å². The van der Waals surface area contributed by atoms with Gasteiger partial charge in [-0.15, -0.1) is 0 Å². The minimum atomic E-state index is -2.34. The average Bonchev–Trinajstić information content (AvgIpc) is 2.69. The standard InChI is InChI=1S/C14H16NOP/c1-15(2)17(16)10-9-12-8-7-11-5-3-4-6-13(11)14(12)17/h3-8H,9-10H2,1-2H3. The second-order valence-corrected chi connectivity index (χ2v) is 7.91. The van der Waals surface area contributed by atoms with Crippen molar-refractivity contribution in [2.45, 2.75) is 6.42 Å². The molecule has 0 saturated heterocycles. The number of benzene rings is 2. The van der Waals surface area contributed by atoms with E-state index in [1.54, 1.807) is 0 Å². The molecule has 1 aliphatic rings. The van der Waals surface area contributed by atoms with Gasteiger partial charge in [-0.2, -0.15) is 0 Å². The van der Waals surface area contributed by atoms with Gasteiger partial charge in [0, 0.05) is 11.5 Å². The SMILES string of the molecule is CN(C)P1(=O)CCc2ccc3ccccc3c21. The van der Waals surface area contributed by atoms with Crippen LogP contribution < -0.4 is 5.30 Å². The van der Waals surface area contributed by atoms with Crippen molar-refractivity contribution in [3.8, 4) is 0 Å². The Labute approximate surface area is 102 Å². The minimum absolute atomic E-state index is 0.781. The molecule has 0 N–H and O–H groups in total. The van der Waals surface area contributed by atoms with Gasteiger partial charge in [0.1, 0.15) is 0 Å². The first-order chi connectivity index (χ1) is 8.13. The molecule has 1 heterocycles. The van der Waals surface area contributed by atoms with E-state index in [-0.39, 0.29) is 0 Å². The highest BCUT2D eigenvalue weighted by Crippen LogP contribution is 2.53. The van der Waals surface area contributed by atoms with Gasteiger partial charge in [-0.25, -0.2) is 0 Å². The molecule has 0 radical (unpaired) electrons. The number of rotatable bonds is 1. The van der Waals surface area contributed by atoms with Crippen molar-refractivity contribution in [1.82, 2.24) is 4.67 Å². The van der Waals surface area contributed by atoms with E-state index in [4.69, 9.17) is 0 Å². The molecule has 2 aromatic carbocycles. The van der Waals surface area contributed by atoms with Crippen LogP contribution >= 0.6 is 7.29 Å². The van der Waals surface area contributed by atoms with Gasteiger partial charge in [-0.05, 0) is 36.9 Å². The van der Waals surface area contributed by atoms with E-state index in [1.807, 2.05) is 30.9 Å². The maximum Gasteiger partial charge on any atom is 0.179 e. The van der Waals surface area contributed by atoms with Crippen molar-refractivity contribution >= 4 is 23.4 Å². The van der Waals surface area contributed by atoms with Gasteiger partial charge >= 0.3 is 0 Å². The van der Waals surface area contributed by atoms with E-state index >= 15 is 0 Å². The zero-order valence-electron chi connectivity index (χ0n) is 10.2. The Balaban J connectivity index is 2.40. The molecule has 0 spiro atoms. The lowest BCUT2D eigenvalue weighted by atomic mass is 10.1. The Hall–Kier alpha value is -1.11. The Morgan fingerprint density at radius 1 is 1.12 bits per heavy atom. The number of hydrogen-bond donors (Lipinski definition) is 0. The number of nitrogens with zero attached hydrogens (tertiary/aromatic N) is 1. The molecule has 1 aliphatic heterocycles. The monoisotopic (exact) mass is 245 g/mol. The summed E-state index contributed by atoms with van der Waals surface area (Å²) >= 11 is 0. The van der Waals surface area contributed by atoms with Gasteiger partial charge in [0.25, 0.3) is 0 Å². The summed E-state index contributed by atoms with van der Waals surface area (Å²) in [5.41, 5.74) is 1.26. The summed E-state index contributed by atoms with van der Waals surface area (Å²) in [6.45, 7) is 0. The smallest absolute Gasteiger partial charge is 0.179 e. The highest BCUT2D eigenvalue weighted by molar-refractivity contribution is 7.70. The second kappa shape index (κ2) is 3.69. The first-order valence-corrected chi connectivity index (χ1v) is 7.75. The zero-order valence-corrected chi connectivity index (χ0v) is 11.1. The first kappa shape index (κ1) is 11.0. The molecule has 0 amide bonds. The summed E-state index contributed by atoms with van der Waals surface area (Å²) in [5.74, 6) is 0. The molecular weight excluding hydrogens is 229 g/mol. The Morgan fingerprint density at radius 2 is 1.88 bits per heavy atom. The fraction of sp³-hybridized carbons (Fsp3) is 0.286. The number of hydrogen-bond acceptors (Lipinski definition) is 1. The van der Waals surface area contributed by atoms with E-state index in [1.165, 1.54) is 16.3 Å². The summed E-state index contributed by atoms with van der Waals surface area (Å²) in [6, 6.07) is 12.5. The molecule has 1 unspecified atom stereocenters. The van der Waals surface area contributed by atoms with E-state index in [9.17, 15) is 4.57 Å². The van der Waals surface area contributed by atoms with Gasteiger partial charge < -0.3 is 4.57 Å². The number of aryl methyl sites for hydroxylation is 1. The summed E-state index contributed by atoms with van der Waals surface area (Å²) < 4.78 is 15.0. The van der Waals surface area contributed by atoms with E-state index in [0.29, 0.717) is 0 Å². The molecule has 2 aromatic rings. The largest absolute Gasteiger partial charge is 0.301 e. The Bertz CT molecular complexity index is 633. The van der Waals surface area contributed by atoms with Crippen molar-refractivity contribution in [3.63, 3.8) is 0 Å². The van der Waals surface area contributed by atoms with Crippen LogP contribution in [0.4, 0.5) is 0 Å². The highest BCUT2D eigenvalue weighted by Gasteiger charge is 2.36. The molecule has 88 valence electrons. The van der Waals surface area contributed by atoms with Crippen LogP contribution in [0.1, 0.15) is 5.56 Å². The van der Waals surface area contributed by atoms with Crippen LogP contribution in [0.5, 0.6) is 0 Å². The molecule has 3 heteroatoms. The van der Waals surface area contributed by atoms with Crippen LogP contribution in [0.25, 0.3) is 10.8 Å². The van der Waals surface area contributed by atoms with Crippen molar-refractivity contribution < 1.29 is 4.57 Å². The predicted molar refractivity (Wildman–Crippen MR) is 73.4 cm³/mol. The van der Waals surface area contributed by atoms with Gasteiger partial charge in [0.2, 0.25) is 0 Å². The normalized spacial score (nSPS) is 23.2. The molecule has 17 heavy (non-hydrogen) atoms. The minimum Gasteiger partial charge on any atom is -0.301 e. The third-order valence-electron chi connectivity index (χ3n) is 3.66. The maximum atomic E-state index is 13.1. The maximum absolute atomic E-state index is 13.1. The lowest BCUT2D eigenvalue weighted by Gasteiger charge is -2.22. The second-order valence-electron chi connectivity index (χ2n) is 4.82. The summed E-state index contributed by atoms with van der Waals surface area (Å²) in [5, 5.41) is 3.45. The topological polar surface area (TPSA) is 20.3 Å². The molecule has 0 aromatic heterocycles. The first-order valence-electron chi connectivity index (χ1n) is 5.91. The lowest BCUT2D eigenvalue weighted by molar-refractivity contribution is 0.526. The van der Waals surface area contributed by atoms with Crippen LogP contribution in [0.15, 0.2) is 36.4 Å². The van der Waals surface area contributed by atoms with Gasteiger partial charge in [0.15, 0.2) is 7.29 Å². The van der Waals surface area contributed by atoms with Crippen LogP contribution in [-0.4, -0.2) is 24.9 Å². The fourth-order valence-electron chi connectivity index (χ4n) is 2.70. The Kier molecular flexibility index (Phi) is 2.39. The molecule has 0 fully saturated rings. The number of fused-ring (bicyclic) bond motifs is 3. The molecule has 3 rings (SSSR count). The molecular formula is C14H16NOP. The van der Waals surface area contributed by atoms with Crippen molar-refractivity contribution in [2.75, 3.05) is 20.3 Å². The zero-order chi connectivity index (χ0) is 12.0. The van der Waals surface area contributed by atoms with Crippen LogP contribution in [0, 0.1) is 0 Å². The third-order valence-corrected chi connectivity index (χ3v) is 7.01.